The highest BCUT2D eigenvalue weighted by Gasteiger charge is 2.21. The van der Waals surface area contributed by atoms with Crippen molar-refractivity contribution in [2.45, 2.75) is 26.7 Å². The maximum atomic E-state index is 4.50. The van der Waals surface area contributed by atoms with E-state index in [1.165, 1.54) is 12.8 Å². The van der Waals surface area contributed by atoms with E-state index in [0.717, 1.165) is 41.6 Å². The number of rotatable bonds is 1. The average molecular weight is 245 g/mol. The monoisotopic (exact) mass is 245 g/mol. The van der Waals surface area contributed by atoms with E-state index in [1.807, 2.05) is 18.7 Å². The van der Waals surface area contributed by atoms with Crippen LogP contribution in [0.1, 0.15) is 25.5 Å². The van der Waals surface area contributed by atoms with Crippen molar-refractivity contribution in [1.82, 2.24) is 19.7 Å². The van der Waals surface area contributed by atoms with Crippen molar-refractivity contribution in [3.8, 4) is 0 Å². The van der Waals surface area contributed by atoms with Gasteiger partial charge < -0.3 is 4.90 Å². The molecule has 0 saturated carbocycles. The third-order valence-corrected chi connectivity index (χ3v) is 3.73. The molecule has 0 N–H and O–H groups in total. The first-order valence-electron chi connectivity index (χ1n) is 6.56. The van der Waals surface area contributed by atoms with E-state index in [4.69, 9.17) is 0 Å². The first-order valence-corrected chi connectivity index (χ1v) is 6.56. The van der Waals surface area contributed by atoms with E-state index in [2.05, 4.69) is 26.9 Å². The zero-order chi connectivity index (χ0) is 12.7. The highest BCUT2D eigenvalue weighted by Crippen LogP contribution is 2.28. The number of aromatic nitrogens is 4. The molecule has 1 aliphatic rings. The van der Waals surface area contributed by atoms with Crippen LogP contribution in [0, 0.1) is 12.8 Å². The molecule has 0 bridgehead atoms. The molecule has 0 spiro atoms. The molecule has 5 nitrogen and oxygen atoms in total. The molecule has 0 amide bonds. The number of aryl methyl sites for hydroxylation is 2. The van der Waals surface area contributed by atoms with Crippen LogP contribution in [0.2, 0.25) is 0 Å². The Morgan fingerprint density at radius 3 is 2.94 bits per heavy atom. The Morgan fingerprint density at radius 2 is 2.17 bits per heavy atom. The number of nitrogens with zero attached hydrogens (tertiary/aromatic N) is 5. The van der Waals surface area contributed by atoms with Crippen LogP contribution in [0.5, 0.6) is 0 Å². The van der Waals surface area contributed by atoms with Crippen molar-refractivity contribution in [3.63, 3.8) is 0 Å². The van der Waals surface area contributed by atoms with Crippen LogP contribution >= 0.6 is 0 Å². The SMILES string of the molecule is Cc1nn(C)c2ncnc(N3CCCC(C)C3)c12. The van der Waals surface area contributed by atoms with Gasteiger partial charge in [0, 0.05) is 20.1 Å². The summed E-state index contributed by atoms with van der Waals surface area (Å²) in [7, 11) is 1.94. The number of fused-ring (bicyclic) bond motifs is 1. The van der Waals surface area contributed by atoms with Gasteiger partial charge in [-0.2, -0.15) is 5.10 Å². The van der Waals surface area contributed by atoms with Crippen LogP contribution in [0.25, 0.3) is 11.0 Å². The quantitative estimate of drug-likeness (QED) is 0.770. The van der Waals surface area contributed by atoms with Crippen molar-refractivity contribution in [1.29, 1.82) is 0 Å². The second kappa shape index (κ2) is 4.23. The molecule has 0 aliphatic carbocycles. The van der Waals surface area contributed by atoms with Crippen LogP contribution < -0.4 is 4.90 Å². The Labute approximate surface area is 107 Å². The maximum absolute atomic E-state index is 4.50. The zero-order valence-electron chi connectivity index (χ0n) is 11.2. The molecule has 1 unspecified atom stereocenters. The second-order valence-corrected chi connectivity index (χ2v) is 5.30. The lowest BCUT2D eigenvalue weighted by Crippen LogP contribution is -2.35. The normalized spacial score (nSPS) is 20.6. The number of piperidine rings is 1. The van der Waals surface area contributed by atoms with E-state index < -0.39 is 0 Å². The van der Waals surface area contributed by atoms with Gasteiger partial charge in [-0.05, 0) is 25.7 Å². The predicted octanol–water partition coefficient (Wildman–Crippen LogP) is 1.91. The van der Waals surface area contributed by atoms with E-state index in [0.29, 0.717) is 0 Å². The van der Waals surface area contributed by atoms with Gasteiger partial charge in [-0.1, -0.05) is 6.92 Å². The minimum atomic E-state index is 0.737. The minimum Gasteiger partial charge on any atom is -0.356 e. The molecule has 1 atom stereocenters. The number of hydrogen-bond donors (Lipinski definition) is 0. The third kappa shape index (κ3) is 1.74. The molecule has 3 heterocycles. The fourth-order valence-corrected chi connectivity index (χ4v) is 2.88. The van der Waals surface area contributed by atoms with Gasteiger partial charge in [0.05, 0.1) is 11.1 Å². The van der Waals surface area contributed by atoms with Crippen molar-refractivity contribution in [3.05, 3.63) is 12.0 Å². The smallest absolute Gasteiger partial charge is 0.163 e. The first kappa shape index (κ1) is 11.4. The standard InChI is InChI=1S/C13H19N5/c1-9-5-4-6-18(7-9)13-11-10(2)16-17(3)12(11)14-8-15-13/h8-9H,4-7H2,1-3H3. The highest BCUT2D eigenvalue weighted by atomic mass is 15.3. The van der Waals surface area contributed by atoms with Gasteiger partial charge in [-0.15, -0.1) is 0 Å². The van der Waals surface area contributed by atoms with Crippen molar-refractivity contribution in [2.24, 2.45) is 13.0 Å². The summed E-state index contributed by atoms with van der Waals surface area (Å²) in [5, 5.41) is 5.56. The van der Waals surface area contributed by atoms with Crippen LogP contribution in [0.15, 0.2) is 6.33 Å². The van der Waals surface area contributed by atoms with Crippen molar-refractivity contribution < 1.29 is 0 Å². The average Bonchev–Trinajstić information content (AvgIpc) is 2.65. The molecule has 5 heteroatoms. The summed E-state index contributed by atoms with van der Waals surface area (Å²) in [4.78, 5) is 11.2. The molecule has 0 radical (unpaired) electrons. The molecule has 0 aromatic carbocycles. The Hall–Kier alpha value is -1.65. The van der Waals surface area contributed by atoms with Gasteiger partial charge in [0.15, 0.2) is 5.65 Å². The van der Waals surface area contributed by atoms with Crippen molar-refractivity contribution >= 4 is 16.9 Å². The van der Waals surface area contributed by atoms with E-state index in [-0.39, 0.29) is 0 Å². The molecule has 1 saturated heterocycles. The summed E-state index contributed by atoms with van der Waals surface area (Å²) in [6.45, 7) is 6.51. The van der Waals surface area contributed by atoms with E-state index in [1.54, 1.807) is 6.33 Å². The maximum Gasteiger partial charge on any atom is 0.163 e. The molecular formula is C13H19N5. The van der Waals surface area contributed by atoms with Gasteiger partial charge in [0.1, 0.15) is 12.1 Å². The van der Waals surface area contributed by atoms with Crippen LogP contribution in [-0.4, -0.2) is 32.8 Å². The summed E-state index contributed by atoms with van der Waals surface area (Å²) < 4.78 is 1.84. The van der Waals surface area contributed by atoms with Gasteiger partial charge in [0.2, 0.25) is 0 Å². The topological polar surface area (TPSA) is 46.8 Å². The largest absolute Gasteiger partial charge is 0.356 e. The van der Waals surface area contributed by atoms with E-state index >= 15 is 0 Å². The fourth-order valence-electron chi connectivity index (χ4n) is 2.88. The van der Waals surface area contributed by atoms with Crippen LogP contribution in [-0.2, 0) is 7.05 Å². The van der Waals surface area contributed by atoms with Crippen molar-refractivity contribution in [2.75, 3.05) is 18.0 Å². The molecule has 1 aliphatic heterocycles. The van der Waals surface area contributed by atoms with Gasteiger partial charge in [0.25, 0.3) is 0 Å². The summed E-state index contributed by atoms with van der Waals surface area (Å²) in [6.07, 6.45) is 4.21. The summed E-state index contributed by atoms with van der Waals surface area (Å²) >= 11 is 0. The third-order valence-electron chi connectivity index (χ3n) is 3.73. The Morgan fingerprint density at radius 1 is 1.33 bits per heavy atom. The lowest BCUT2D eigenvalue weighted by molar-refractivity contribution is 0.445. The Balaban J connectivity index is 2.11. The van der Waals surface area contributed by atoms with Crippen LogP contribution in [0.4, 0.5) is 5.82 Å². The molecule has 2 aromatic heterocycles. The molecule has 2 aromatic rings. The Bertz CT molecular complexity index is 574. The summed E-state index contributed by atoms with van der Waals surface area (Å²) in [6, 6.07) is 0. The summed E-state index contributed by atoms with van der Waals surface area (Å²) in [5.41, 5.74) is 1.94. The molecular weight excluding hydrogens is 226 g/mol. The molecule has 96 valence electrons. The molecule has 18 heavy (non-hydrogen) atoms. The second-order valence-electron chi connectivity index (χ2n) is 5.30. The molecule has 1 fully saturated rings. The van der Waals surface area contributed by atoms with Gasteiger partial charge in [-0.3, -0.25) is 4.68 Å². The number of anilines is 1. The lowest BCUT2D eigenvalue weighted by Gasteiger charge is -2.32. The summed E-state index contributed by atoms with van der Waals surface area (Å²) in [5.74, 6) is 1.79. The fraction of sp³-hybridized carbons (Fsp3) is 0.615. The predicted molar refractivity (Wildman–Crippen MR) is 71.7 cm³/mol. The van der Waals surface area contributed by atoms with Gasteiger partial charge >= 0.3 is 0 Å². The van der Waals surface area contributed by atoms with Gasteiger partial charge in [-0.25, -0.2) is 9.97 Å². The molecule has 3 rings (SSSR count). The number of hydrogen-bond acceptors (Lipinski definition) is 4. The Kier molecular flexibility index (Phi) is 2.69. The first-order chi connectivity index (χ1) is 8.66. The highest BCUT2D eigenvalue weighted by molar-refractivity contribution is 5.89. The zero-order valence-corrected chi connectivity index (χ0v) is 11.2. The lowest BCUT2D eigenvalue weighted by atomic mass is 10.00. The van der Waals surface area contributed by atoms with E-state index in [9.17, 15) is 0 Å². The minimum absolute atomic E-state index is 0.737. The van der Waals surface area contributed by atoms with Crippen LogP contribution in [0.3, 0.4) is 0 Å².